The van der Waals surface area contributed by atoms with Crippen molar-refractivity contribution in [1.82, 2.24) is 10.2 Å². The van der Waals surface area contributed by atoms with E-state index in [1.807, 2.05) is 31.2 Å². The van der Waals surface area contributed by atoms with Crippen molar-refractivity contribution in [2.24, 2.45) is 0 Å². The van der Waals surface area contributed by atoms with Crippen LogP contribution in [-0.2, 0) is 17.6 Å². The van der Waals surface area contributed by atoms with E-state index in [4.69, 9.17) is 0 Å². The smallest absolute Gasteiger partial charge is 0.261 e. The number of rotatable bonds is 1. The zero-order valence-corrected chi connectivity index (χ0v) is 14.6. The highest BCUT2D eigenvalue weighted by atomic mass is 16.2. The molecular formula is C22H18N2O2. The Morgan fingerprint density at radius 1 is 1.12 bits per heavy atom. The summed E-state index contributed by atoms with van der Waals surface area (Å²) in [4.78, 5) is 27.0. The third-order valence-electron chi connectivity index (χ3n) is 5.12. The van der Waals surface area contributed by atoms with E-state index in [0.717, 1.165) is 33.7 Å². The second-order valence-electron chi connectivity index (χ2n) is 6.44. The lowest BCUT2D eigenvalue weighted by molar-refractivity contribution is -0.122. The van der Waals surface area contributed by atoms with Gasteiger partial charge in [-0.3, -0.25) is 14.5 Å². The first-order chi connectivity index (χ1) is 12.6. The Labute approximate surface area is 152 Å². The summed E-state index contributed by atoms with van der Waals surface area (Å²) < 4.78 is 0. The lowest BCUT2D eigenvalue weighted by Crippen LogP contribution is -2.41. The van der Waals surface area contributed by atoms with Crippen LogP contribution in [0.15, 0.2) is 65.9 Å². The van der Waals surface area contributed by atoms with Gasteiger partial charge in [-0.05, 0) is 35.8 Å². The van der Waals surface area contributed by atoms with Crippen LogP contribution >= 0.6 is 0 Å². The Morgan fingerprint density at radius 3 is 2.62 bits per heavy atom. The van der Waals surface area contributed by atoms with Gasteiger partial charge in [0.25, 0.3) is 11.8 Å². The molecule has 2 aliphatic heterocycles. The SMILES string of the molecule is C=C=C1Cc2ccc3c4c2CC(=CC=C4C(=O)N(CC)C3=O)C(=C=C)N1. The summed E-state index contributed by atoms with van der Waals surface area (Å²) in [6.45, 7) is 9.70. The molecule has 2 bridgehead atoms. The zero-order valence-electron chi connectivity index (χ0n) is 14.6. The van der Waals surface area contributed by atoms with Crippen LogP contribution in [0.3, 0.4) is 0 Å². The Balaban J connectivity index is 2.08. The summed E-state index contributed by atoms with van der Waals surface area (Å²) in [6.07, 6.45) is 4.93. The molecule has 1 aliphatic carbocycles. The van der Waals surface area contributed by atoms with Gasteiger partial charge in [-0.2, -0.15) is 0 Å². The van der Waals surface area contributed by atoms with Gasteiger partial charge < -0.3 is 5.32 Å². The fourth-order valence-corrected chi connectivity index (χ4v) is 3.81. The number of fused-ring (bicyclic) bond motifs is 1. The maximum atomic E-state index is 12.9. The monoisotopic (exact) mass is 342 g/mol. The molecule has 0 saturated heterocycles. The second-order valence-corrected chi connectivity index (χ2v) is 6.44. The van der Waals surface area contributed by atoms with E-state index in [9.17, 15) is 9.59 Å². The van der Waals surface area contributed by atoms with Crippen molar-refractivity contribution >= 4 is 17.4 Å². The van der Waals surface area contributed by atoms with Crippen molar-refractivity contribution in [3.63, 3.8) is 0 Å². The highest BCUT2D eigenvalue weighted by Gasteiger charge is 2.37. The van der Waals surface area contributed by atoms with E-state index >= 15 is 0 Å². The Kier molecular flexibility index (Phi) is 3.66. The number of imide groups is 1. The van der Waals surface area contributed by atoms with E-state index in [2.05, 4.69) is 29.9 Å². The molecule has 0 aromatic heterocycles. The molecule has 4 rings (SSSR count). The quantitative estimate of drug-likeness (QED) is 0.630. The lowest BCUT2D eigenvalue weighted by Gasteiger charge is -2.30. The number of likely N-dealkylation sites (N-methyl/N-ethyl adjacent to an activating group) is 1. The number of carbonyl (C=O) groups excluding carboxylic acids is 2. The van der Waals surface area contributed by atoms with Gasteiger partial charge in [-0.1, -0.05) is 25.3 Å². The van der Waals surface area contributed by atoms with Gasteiger partial charge in [-0.15, -0.1) is 11.5 Å². The molecule has 2 heterocycles. The molecule has 0 spiro atoms. The molecular weight excluding hydrogens is 324 g/mol. The summed E-state index contributed by atoms with van der Waals surface area (Å²) in [7, 11) is 0. The number of nitrogens with zero attached hydrogens (tertiary/aromatic N) is 1. The summed E-state index contributed by atoms with van der Waals surface area (Å²) in [6, 6.07) is 3.80. The van der Waals surface area contributed by atoms with Crippen molar-refractivity contribution in [3.8, 4) is 0 Å². The first kappa shape index (κ1) is 16.2. The minimum atomic E-state index is -0.239. The summed E-state index contributed by atoms with van der Waals surface area (Å²) in [5.74, 6) is -0.466. The normalized spacial score (nSPS) is 18.0. The van der Waals surface area contributed by atoms with Gasteiger partial charge in [0.05, 0.1) is 11.4 Å². The van der Waals surface area contributed by atoms with Crippen LogP contribution in [0.1, 0.15) is 34.0 Å². The third kappa shape index (κ3) is 2.18. The van der Waals surface area contributed by atoms with E-state index in [1.165, 1.54) is 4.90 Å². The minimum absolute atomic E-state index is 0.227. The fourth-order valence-electron chi connectivity index (χ4n) is 3.81. The molecule has 0 fully saturated rings. The van der Waals surface area contributed by atoms with Crippen LogP contribution < -0.4 is 5.32 Å². The third-order valence-corrected chi connectivity index (χ3v) is 5.12. The van der Waals surface area contributed by atoms with Crippen LogP contribution in [0.5, 0.6) is 0 Å². The second kappa shape index (κ2) is 5.89. The molecule has 0 saturated carbocycles. The van der Waals surface area contributed by atoms with E-state index < -0.39 is 0 Å². The van der Waals surface area contributed by atoms with E-state index in [0.29, 0.717) is 30.5 Å². The number of allylic oxidation sites excluding steroid dienone is 4. The molecule has 1 aromatic carbocycles. The van der Waals surface area contributed by atoms with E-state index in [1.54, 1.807) is 0 Å². The Bertz CT molecular complexity index is 1040. The molecule has 0 atom stereocenters. The molecule has 2 amide bonds. The number of benzene rings is 1. The standard InChI is InChI=1S/C22H18N2O2/c1-4-15-11-13-7-9-16-20-17(22(26)24(6-3)21(16)25)10-8-14(12-18(13)20)19(5-2)23-15/h7-10,23H,1-2,6,11-12H2,3H3. The van der Waals surface area contributed by atoms with Gasteiger partial charge in [-0.25, -0.2) is 0 Å². The van der Waals surface area contributed by atoms with Crippen molar-refractivity contribution < 1.29 is 9.59 Å². The largest absolute Gasteiger partial charge is 0.346 e. The number of hydrogen-bond acceptors (Lipinski definition) is 3. The van der Waals surface area contributed by atoms with Crippen molar-refractivity contribution in [2.75, 3.05) is 6.54 Å². The average molecular weight is 342 g/mol. The summed E-state index contributed by atoms with van der Waals surface area (Å²) in [5.41, 5.74) is 12.4. The predicted molar refractivity (Wildman–Crippen MR) is 100 cm³/mol. The first-order valence-electron chi connectivity index (χ1n) is 8.57. The molecule has 4 nitrogen and oxygen atoms in total. The maximum Gasteiger partial charge on any atom is 0.261 e. The van der Waals surface area contributed by atoms with Gasteiger partial charge in [0.2, 0.25) is 0 Å². The molecule has 3 aliphatic rings. The molecule has 0 unspecified atom stereocenters. The fraction of sp³-hybridized carbons (Fsp3) is 0.182. The van der Waals surface area contributed by atoms with E-state index in [-0.39, 0.29) is 11.8 Å². The number of carbonyl (C=O) groups is 2. The minimum Gasteiger partial charge on any atom is -0.346 e. The van der Waals surface area contributed by atoms with Crippen LogP contribution in [0.25, 0.3) is 5.57 Å². The summed E-state index contributed by atoms with van der Waals surface area (Å²) >= 11 is 0. The van der Waals surface area contributed by atoms with Crippen LogP contribution in [0.2, 0.25) is 0 Å². The van der Waals surface area contributed by atoms with Gasteiger partial charge in [0.1, 0.15) is 0 Å². The molecule has 26 heavy (non-hydrogen) atoms. The highest BCUT2D eigenvalue weighted by molar-refractivity contribution is 6.31. The average Bonchev–Trinajstić information content (AvgIpc) is 2.84. The van der Waals surface area contributed by atoms with Crippen LogP contribution in [-0.4, -0.2) is 23.3 Å². The number of hydrogen-bond donors (Lipinski definition) is 1. The predicted octanol–water partition coefficient (Wildman–Crippen LogP) is 3.04. The van der Waals surface area contributed by atoms with Gasteiger partial charge >= 0.3 is 0 Å². The zero-order chi connectivity index (χ0) is 18.4. The van der Waals surface area contributed by atoms with Crippen molar-refractivity contribution in [1.29, 1.82) is 0 Å². The van der Waals surface area contributed by atoms with Crippen LogP contribution in [0, 0.1) is 0 Å². The molecule has 4 heteroatoms. The summed E-state index contributed by atoms with van der Waals surface area (Å²) in [5, 5.41) is 3.28. The number of nitrogens with one attached hydrogen (secondary N) is 1. The highest BCUT2D eigenvalue weighted by Crippen LogP contribution is 2.38. The van der Waals surface area contributed by atoms with Crippen LogP contribution in [0.4, 0.5) is 0 Å². The first-order valence-corrected chi connectivity index (χ1v) is 8.57. The Morgan fingerprint density at radius 2 is 1.92 bits per heavy atom. The molecule has 0 radical (unpaired) electrons. The Hall–Kier alpha value is -3.32. The molecule has 1 N–H and O–H groups in total. The van der Waals surface area contributed by atoms with Gasteiger partial charge in [0.15, 0.2) is 0 Å². The lowest BCUT2D eigenvalue weighted by atomic mass is 9.83. The van der Waals surface area contributed by atoms with Crippen molar-refractivity contribution in [2.45, 2.75) is 19.8 Å². The topological polar surface area (TPSA) is 49.4 Å². The number of amides is 2. The van der Waals surface area contributed by atoms with Crippen molar-refractivity contribution in [3.05, 3.63) is 88.1 Å². The molecule has 128 valence electrons. The maximum absolute atomic E-state index is 12.9. The molecule has 1 aromatic rings. The van der Waals surface area contributed by atoms with Gasteiger partial charge in [0, 0.05) is 36.1 Å².